The molecule has 1 aliphatic rings. The SMILES string of the molecule is CC(=O)N1N=C(c2ccc(OCc3ccccc3)cc2)O[C@@H]1c1cc(-c2ccccc2)nc2ccccc12. The number of hydrogen-bond acceptors (Lipinski definition) is 5. The third kappa shape index (κ3) is 4.72. The van der Waals surface area contributed by atoms with E-state index in [4.69, 9.17) is 14.5 Å². The van der Waals surface area contributed by atoms with E-state index in [0.717, 1.165) is 44.6 Å². The number of benzene rings is 4. The van der Waals surface area contributed by atoms with Gasteiger partial charge < -0.3 is 9.47 Å². The number of para-hydroxylation sites is 1. The molecule has 38 heavy (non-hydrogen) atoms. The molecule has 5 aromatic rings. The Morgan fingerprint density at radius 3 is 2.26 bits per heavy atom. The maximum absolute atomic E-state index is 12.7. The molecule has 0 aliphatic carbocycles. The predicted octanol–water partition coefficient (Wildman–Crippen LogP) is 6.72. The van der Waals surface area contributed by atoms with E-state index in [2.05, 4.69) is 5.10 Å². The van der Waals surface area contributed by atoms with Crippen LogP contribution in [0, 0.1) is 0 Å². The van der Waals surface area contributed by atoms with Crippen LogP contribution in [-0.2, 0) is 16.1 Å². The van der Waals surface area contributed by atoms with Gasteiger partial charge in [-0.25, -0.2) is 4.98 Å². The van der Waals surface area contributed by atoms with Crippen LogP contribution in [0.2, 0.25) is 0 Å². The van der Waals surface area contributed by atoms with Gasteiger partial charge in [-0.3, -0.25) is 4.79 Å². The van der Waals surface area contributed by atoms with Crippen molar-refractivity contribution in [3.05, 3.63) is 132 Å². The van der Waals surface area contributed by atoms with Gasteiger partial charge >= 0.3 is 0 Å². The lowest BCUT2D eigenvalue weighted by Crippen LogP contribution is -2.25. The highest BCUT2D eigenvalue weighted by molar-refractivity contribution is 5.97. The van der Waals surface area contributed by atoms with Gasteiger partial charge in [0.05, 0.1) is 11.2 Å². The van der Waals surface area contributed by atoms with Crippen LogP contribution in [0.1, 0.15) is 29.8 Å². The molecular formula is C32H25N3O3. The number of rotatable bonds is 6. The molecule has 186 valence electrons. The number of carbonyl (C=O) groups excluding carboxylic acids is 1. The van der Waals surface area contributed by atoms with Crippen molar-refractivity contribution in [1.82, 2.24) is 9.99 Å². The minimum atomic E-state index is -0.716. The summed E-state index contributed by atoms with van der Waals surface area (Å²) >= 11 is 0. The van der Waals surface area contributed by atoms with Gasteiger partial charge in [0.15, 0.2) is 0 Å². The molecule has 0 unspecified atom stereocenters. The third-order valence-corrected chi connectivity index (χ3v) is 6.40. The molecule has 1 aliphatic heterocycles. The van der Waals surface area contributed by atoms with Gasteiger partial charge in [-0.05, 0) is 42.0 Å². The molecule has 6 nitrogen and oxygen atoms in total. The Morgan fingerprint density at radius 1 is 0.842 bits per heavy atom. The lowest BCUT2D eigenvalue weighted by atomic mass is 10.0. The molecule has 2 heterocycles. The first kappa shape index (κ1) is 23.4. The first-order valence-corrected chi connectivity index (χ1v) is 12.4. The Morgan fingerprint density at radius 2 is 1.53 bits per heavy atom. The summed E-state index contributed by atoms with van der Waals surface area (Å²) in [6.07, 6.45) is -0.716. The number of hydrazone groups is 1. The van der Waals surface area contributed by atoms with E-state index in [9.17, 15) is 4.79 Å². The summed E-state index contributed by atoms with van der Waals surface area (Å²) in [4.78, 5) is 17.5. The average Bonchev–Trinajstić information content (AvgIpc) is 3.43. The van der Waals surface area contributed by atoms with Crippen molar-refractivity contribution in [2.75, 3.05) is 0 Å². The second kappa shape index (κ2) is 10.2. The van der Waals surface area contributed by atoms with E-state index in [-0.39, 0.29) is 5.91 Å². The lowest BCUT2D eigenvalue weighted by Gasteiger charge is -2.21. The summed E-state index contributed by atoms with van der Waals surface area (Å²) in [5.74, 6) is 0.903. The van der Waals surface area contributed by atoms with Crippen molar-refractivity contribution < 1.29 is 14.3 Å². The highest BCUT2D eigenvalue weighted by Gasteiger charge is 2.34. The van der Waals surface area contributed by atoms with Gasteiger partial charge in [0, 0.05) is 29.0 Å². The number of ether oxygens (including phenoxy) is 2. The van der Waals surface area contributed by atoms with Crippen LogP contribution in [0.15, 0.2) is 120 Å². The van der Waals surface area contributed by atoms with E-state index in [1.807, 2.05) is 115 Å². The van der Waals surface area contributed by atoms with E-state index < -0.39 is 6.23 Å². The van der Waals surface area contributed by atoms with E-state index in [1.165, 1.54) is 11.9 Å². The summed E-state index contributed by atoms with van der Waals surface area (Å²) in [5.41, 5.74) is 5.29. The van der Waals surface area contributed by atoms with Gasteiger partial charge in [-0.1, -0.05) is 78.9 Å². The molecule has 6 heteroatoms. The fourth-order valence-electron chi connectivity index (χ4n) is 4.48. The molecule has 0 saturated carbocycles. The second-order valence-corrected chi connectivity index (χ2v) is 9.02. The van der Waals surface area contributed by atoms with Gasteiger partial charge in [-0.2, -0.15) is 5.01 Å². The van der Waals surface area contributed by atoms with Crippen molar-refractivity contribution >= 4 is 22.7 Å². The quantitative estimate of drug-likeness (QED) is 0.260. The summed E-state index contributed by atoms with van der Waals surface area (Å²) in [6, 6.07) is 37.4. The largest absolute Gasteiger partial charge is 0.489 e. The smallest absolute Gasteiger partial charge is 0.243 e. The van der Waals surface area contributed by atoms with Crippen molar-refractivity contribution in [2.45, 2.75) is 19.8 Å². The zero-order chi connectivity index (χ0) is 25.9. The Hall–Kier alpha value is -4.97. The molecule has 0 fully saturated rings. The standard InChI is InChI=1S/C32H25N3O3/c1-22(36)35-32(28-20-30(24-12-6-3-7-13-24)33-29-15-9-8-14-27(28)29)38-31(34-35)25-16-18-26(19-17-25)37-21-23-10-4-2-5-11-23/h2-20,32H,21H2,1H3/t32-/m1/s1. The molecule has 0 saturated heterocycles. The first-order valence-electron chi connectivity index (χ1n) is 12.4. The molecule has 1 atom stereocenters. The molecule has 4 aromatic carbocycles. The van der Waals surface area contributed by atoms with E-state index >= 15 is 0 Å². The minimum absolute atomic E-state index is 0.213. The maximum Gasteiger partial charge on any atom is 0.243 e. The summed E-state index contributed by atoms with van der Waals surface area (Å²) in [6.45, 7) is 1.97. The lowest BCUT2D eigenvalue weighted by molar-refractivity contribution is -0.135. The predicted molar refractivity (Wildman–Crippen MR) is 147 cm³/mol. The maximum atomic E-state index is 12.7. The van der Waals surface area contributed by atoms with Crippen LogP contribution >= 0.6 is 0 Å². The zero-order valence-corrected chi connectivity index (χ0v) is 20.8. The fourth-order valence-corrected chi connectivity index (χ4v) is 4.48. The van der Waals surface area contributed by atoms with Crippen LogP contribution in [0.5, 0.6) is 5.75 Å². The number of pyridine rings is 1. The highest BCUT2D eigenvalue weighted by atomic mass is 16.5. The Balaban J connectivity index is 1.30. The molecule has 0 N–H and O–H groups in total. The average molecular weight is 500 g/mol. The zero-order valence-electron chi connectivity index (χ0n) is 20.8. The number of aromatic nitrogens is 1. The third-order valence-electron chi connectivity index (χ3n) is 6.40. The van der Waals surface area contributed by atoms with Crippen LogP contribution in [-0.4, -0.2) is 21.8 Å². The van der Waals surface area contributed by atoms with E-state index in [1.54, 1.807) is 0 Å². The summed E-state index contributed by atoms with van der Waals surface area (Å²) in [7, 11) is 0. The molecule has 0 spiro atoms. The number of hydrogen-bond donors (Lipinski definition) is 0. The molecule has 0 bridgehead atoms. The van der Waals surface area contributed by atoms with Crippen molar-refractivity contribution in [3.63, 3.8) is 0 Å². The molecular weight excluding hydrogens is 474 g/mol. The van der Waals surface area contributed by atoms with Gasteiger partial charge in [-0.15, -0.1) is 5.10 Å². The number of amides is 1. The monoisotopic (exact) mass is 499 g/mol. The summed E-state index contributed by atoms with van der Waals surface area (Å²) in [5, 5.41) is 6.87. The summed E-state index contributed by atoms with van der Waals surface area (Å²) < 4.78 is 12.3. The fraction of sp³-hybridized carbons (Fsp3) is 0.0938. The first-order chi connectivity index (χ1) is 18.7. The minimum Gasteiger partial charge on any atom is -0.489 e. The molecule has 1 aromatic heterocycles. The number of carbonyl (C=O) groups is 1. The molecule has 6 rings (SSSR count). The Bertz CT molecular complexity index is 1620. The molecule has 0 radical (unpaired) electrons. The van der Waals surface area contributed by atoms with Gasteiger partial charge in [0.25, 0.3) is 0 Å². The Labute approximate surface area is 220 Å². The van der Waals surface area contributed by atoms with Crippen molar-refractivity contribution in [1.29, 1.82) is 0 Å². The van der Waals surface area contributed by atoms with Crippen LogP contribution in [0.3, 0.4) is 0 Å². The highest BCUT2D eigenvalue weighted by Crippen LogP contribution is 2.36. The topological polar surface area (TPSA) is 64.0 Å². The normalized spacial score (nSPS) is 14.7. The van der Waals surface area contributed by atoms with Crippen molar-refractivity contribution in [2.24, 2.45) is 5.10 Å². The van der Waals surface area contributed by atoms with Crippen LogP contribution in [0.25, 0.3) is 22.2 Å². The van der Waals surface area contributed by atoms with Crippen molar-refractivity contribution in [3.8, 4) is 17.0 Å². The van der Waals surface area contributed by atoms with Gasteiger partial charge in [0.2, 0.25) is 18.0 Å². The number of nitrogens with zero attached hydrogens (tertiary/aromatic N) is 3. The second-order valence-electron chi connectivity index (χ2n) is 9.02. The molecule has 1 amide bonds. The van der Waals surface area contributed by atoms with E-state index in [0.29, 0.717) is 12.5 Å². The van der Waals surface area contributed by atoms with Gasteiger partial charge in [0.1, 0.15) is 12.4 Å². The van der Waals surface area contributed by atoms with Crippen LogP contribution < -0.4 is 4.74 Å². The number of fused-ring (bicyclic) bond motifs is 1. The Kier molecular flexibility index (Phi) is 6.28. The van der Waals surface area contributed by atoms with Crippen LogP contribution in [0.4, 0.5) is 0 Å².